The van der Waals surface area contributed by atoms with Crippen LogP contribution in [0.5, 0.6) is 0 Å². The number of piperidine rings is 1. The number of fused-ring (bicyclic) bond motifs is 3. The number of rotatable bonds is 8. The van der Waals surface area contributed by atoms with Crippen molar-refractivity contribution in [3.8, 4) is 11.1 Å². The van der Waals surface area contributed by atoms with Crippen LogP contribution in [0.15, 0.2) is 48.5 Å². The van der Waals surface area contributed by atoms with Gasteiger partial charge in [-0.05, 0) is 47.4 Å². The van der Waals surface area contributed by atoms with Gasteiger partial charge in [0.2, 0.25) is 5.91 Å². The molecule has 1 fully saturated rings. The zero-order chi connectivity index (χ0) is 24.1. The van der Waals surface area contributed by atoms with Gasteiger partial charge in [0, 0.05) is 19.0 Å². The molecule has 2 aromatic rings. The summed E-state index contributed by atoms with van der Waals surface area (Å²) in [4.78, 5) is 38.4. The first-order chi connectivity index (χ1) is 16.5. The van der Waals surface area contributed by atoms with E-state index in [-0.39, 0.29) is 25.1 Å². The average Bonchev–Trinajstić information content (AvgIpc) is 3.16. The molecule has 1 heterocycles. The lowest BCUT2D eigenvalue weighted by molar-refractivity contribution is -0.143. The first kappa shape index (κ1) is 23.7. The van der Waals surface area contributed by atoms with Gasteiger partial charge in [-0.2, -0.15) is 0 Å². The van der Waals surface area contributed by atoms with Gasteiger partial charge in [-0.15, -0.1) is 0 Å². The number of carboxylic acid groups (broad SMARTS) is 1. The van der Waals surface area contributed by atoms with Crippen molar-refractivity contribution in [1.82, 2.24) is 10.2 Å². The third-order valence-corrected chi connectivity index (χ3v) is 6.76. The SMILES string of the molecule is O=C(O)CC(NC(=O)OCC1c2ccccc2-c2ccccc21)C(=O)N1CCC(CCF)CC1. The second-order valence-corrected chi connectivity index (χ2v) is 8.87. The van der Waals surface area contributed by atoms with E-state index in [4.69, 9.17) is 4.74 Å². The number of hydrogen-bond acceptors (Lipinski definition) is 4. The fourth-order valence-electron chi connectivity index (χ4n) is 4.97. The van der Waals surface area contributed by atoms with E-state index in [9.17, 15) is 23.9 Å². The summed E-state index contributed by atoms with van der Waals surface area (Å²) in [5.41, 5.74) is 4.32. The van der Waals surface area contributed by atoms with Crippen LogP contribution in [0.4, 0.5) is 9.18 Å². The van der Waals surface area contributed by atoms with Crippen LogP contribution in [0.3, 0.4) is 0 Å². The Morgan fingerprint density at radius 3 is 2.18 bits per heavy atom. The number of likely N-dealkylation sites (tertiary alicyclic amines) is 1. The molecule has 2 aromatic carbocycles. The maximum Gasteiger partial charge on any atom is 0.407 e. The summed E-state index contributed by atoms with van der Waals surface area (Å²) >= 11 is 0. The highest BCUT2D eigenvalue weighted by molar-refractivity contribution is 5.89. The molecule has 4 rings (SSSR count). The molecule has 0 bridgehead atoms. The molecule has 180 valence electrons. The Kier molecular flexibility index (Phi) is 7.45. The van der Waals surface area contributed by atoms with Gasteiger partial charge in [-0.1, -0.05) is 48.5 Å². The summed E-state index contributed by atoms with van der Waals surface area (Å²) < 4.78 is 18.1. The van der Waals surface area contributed by atoms with Gasteiger partial charge < -0.3 is 20.1 Å². The summed E-state index contributed by atoms with van der Waals surface area (Å²) in [5.74, 6) is -1.55. The van der Waals surface area contributed by atoms with Gasteiger partial charge in [0.15, 0.2) is 0 Å². The number of carbonyl (C=O) groups is 3. The summed E-state index contributed by atoms with van der Waals surface area (Å²) in [6, 6.07) is 14.7. The predicted molar refractivity (Wildman–Crippen MR) is 124 cm³/mol. The fourth-order valence-corrected chi connectivity index (χ4v) is 4.97. The number of ether oxygens (including phenoxy) is 1. The Hall–Kier alpha value is -3.42. The Balaban J connectivity index is 1.38. The van der Waals surface area contributed by atoms with Crippen molar-refractivity contribution in [3.63, 3.8) is 0 Å². The summed E-state index contributed by atoms with van der Waals surface area (Å²) in [5, 5.41) is 11.7. The number of carboxylic acids is 1. The van der Waals surface area contributed by atoms with Gasteiger partial charge in [-0.25, -0.2) is 4.79 Å². The van der Waals surface area contributed by atoms with Crippen molar-refractivity contribution in [1.29, 1.82) is 0 Å². The first-order valence-electron chi connectivity index (χ1n) is 11.7. The van der Waals surface area contributed by atoms with Gasteiger partial charge >= 0.3 is 12.1 Å². The molecule has 2 N–H and O–H groups in total. The van der Waals surface area contributed by atoms with Crippen molar-refractivity contribution in [2.75, 3.05) is 26.4 Å². The van der Waals surface area contributed by atoms with E-state index in [0.29, 0.717) is 32.4 Å². The number of benzene rings is 2. The van der Waals surface area contributed by atoms with Crippen LogP contribution in [0, 0.1) is 5.92 Å². The van der Waals surface area contributed by atoms with Crippen molar-refractivity contribution < 1.29 is 28.6 Å². The molecule has 34 heavy (non-hydrogen) atoms. The predicted octanol–water partition coefficient (Wildman–Crippen LogP) is 3.97. The molecular formula is C26H29FN2O5. The second-order valence-electron chi connectivity index (χ2n) is 8.87. The minimum Gasteiger partial charge on any atom is -0.481 e. The minimum absolute atomic E-state index is 0.0719. The lowest BCUT2D eigenvalue weighted by atomic mass is 9.93. The highest BCUT2D eigenvalue weighted by atomic mass is 19.1. The molecule has 2 amide bonds. The smallest absolute Gasteiger partial charge is 0.407 e. The van der Waals surface area contributed by atoms with Crippen molar-refractivity contribution in [3.05, 3.63) is 59.7 Å². The van der Waals surface area contributed by atoms with E-state index in [2.05, 4.69) is 5.32 Å². The lowest BCUT2D eigenvalue weighted by Crippen LogP contribution is -2.51. The Morgan fingerprint density at radius 2 is 1.62 bits per heavy atom. The summed E-state index contributed by atoms with van der Waals surface area (Å²) in [6.07, 6.45) is 0.445. The summed E-state index contributed by atoms with van der Waals surface area (Å²) in [7, 11) is 0. The van der Waals surface area contributed by atoms with Crippen molar-refractivity contribution in [2.45, 2.75) is 37.6 Å². The number of alkyl carbamates (subject to hydrolysis) is 1. The number of hydrogen-bond donors (Lipinski definition) is 2. The quantitative estimate of drug-likeness (QED) is 0.611. The van der Waals surface area contributed by atoms with Gasteiger partial charge in [0.25, 0.3) is 0 Å². The number of halogens is 1. The minimum atomic E-state index is -1.22. The molecule has 2 aliphatic rings. The van der Waals surface area contributed by atoms with Crippen molar-refractivity contribution in [2.24, 2.45) is 5.92 Å². The fraction of sp³-hybridized carbons (Fsp3) is 0.423. The topological polar surface area (TPSA) is 95.9 Å². The summed E-state index contributed by atoms with van der Waals surface area (Å²) in [6.45, 7) is 0.532. The van der Waals surface area contributed by atoms with Gasteiger partial charge in [-0.3, -0.25) is 14.0 Å². The number of aliphatic carboxylic acids is 1. The molecule has 1 unspecified atom stereocenters. The number of nitrogens with zero attached hydrogens (tertiary/aromatic N) is 1. The van der Waals surface area contributed by atoms with Crippen LogP contribution in [-0.2, 0) is 14.3 Å². The van der Waals surface area contributed by atoms with Crippen LogP contribution in [-0.4, -0.2) is 60.4 Å². The van der Waals surface area contributed by atoms with E-state index in [0.717, 1.165) is 22.3 Å². The normalized spacial score (nSPS) is 16.4. The van der Waals surface area contributed by atoms with Gasteiger partial charge in [0.05, 0.1) is 13.1 Å². The molecule has 1 atom stereocenters. The Labute approximate surface area is 197 Å². The van der Waals surface area contributed by atoms with E-state index < -0.39 is 30.4 Å². The zero-order valence-electron chi connectivity index (χ0n) is 18.9. The van der Waals surface area contributed by atoms with E-state index >= 15 is 0 Å². The van der Waals surface area contributed by atoms with E-state index in [1.807, 2.05) is 48.5 Å². The molecule has 1 aliphatic heterocycles. The number of amides is 2. The van der Waals surface area contributed by atoms with E-state index in [1.165, 1.54) is 0 Å². The lowest BCUT2D eigenvalue weighted by Gasteiger charge is -2.33. The molecule has 1 saturated heterocycles. The molecule has 0 radical (unpaired) electrons. The molecule has 0 saturated carbocycles. The zero-order valence-corrected chi connectivity index (χ0v) is 18.9. The molecule has 0 spiro atoms. The van der Waals surface area contributed by atoms with Crippen LogP contribution >= 0.6 is 0 Å². The highest BCUT2D eigenvalue weighted by Gasteiger charge is 2.33. The Morgan fingerprint density at radius 1 is 1.03 bits per heavy atom. The molecule has 7 nitrogen and oxygen atoms in total. The largest absolute Gasteiger partial charge is 0.481 e. The maximum atomic E-state index is 12.9. The third-order valence-electron chi connectivity index (χ3n) is 6.76. The molecule has 1 aliphatic carbocycles. The molecular weight excluding hydrogens is 439 g/mol. The highest BCUT2D eigenvalue weighted by Crippen LogP contribution is 2.44. The Bertz CT molecular complexity index is 1010. The molecule has 0 aromatic heterocycles. The first-order valence-corrected chi connectivity index (χ1v) is 11.7. The van der Waals surface area contributed by atoms with E-state index in [1.54, 1.807) is 4.90 Å². The standard InChI is InChI=1S/C26H29FN2O5/c27-12-9-17-10-13-29(14-11-17)25(32)23(15-24(30)31)28-26(33)34-16-22-20-7-3-1-5-18(20)19-6-2-4-8-21(19)22/h1-8,17,22-23H,9-16H2,(H,28,33)(H,30,31). The maximum absolute atomic E-state index is 12.9. The monoisotopic (exact) mass is 468 g/mol. The van der Waals surface area contributed by atoms with Crippen LogP contribution in [0.1, 0.15) is 42.7 Å². The van der Waals surface area contributed by atoms with Crippen molar-refractivity contribution >= 4 is 18.0 Å². The molecule has 8 heteroatoms. The third kappa shape index (κ3) is 5.21. The second kappa shape index (κ2) is 10.7. The number of alkyl halides is 1. The van der Waals surface area contributed by atoms with Crippen LogP contribution in [0.2, 0.25) is 0 Å². The number of nitrogens with one attached hydrogen (secondary N) is 1. The van der Waals surface area contributed by atoms with Crippen LogP contribution < -0.4 is 5.32 Å². The van der Waals surface area contributed by atoms with Crippen LogP contribution in [0.25, 0.3) is 11.1 Å². The van der Waals surface area contributed by atoms with Gasteiger partial charge in [0.1, 0.15) is 12.6 Å². The average molecular weight is 469 g/mol. The number of carbonyl (C=O) groups excluding carboxylic acids is 2.